The Morgan fingerprint density at radius 3 is 1.45 bits per heavy atom. The number of nitrogens with two attached hydrogens (primary N) is 1. The van der Waals surface area contributed by atoms with Gasteiger partial charge in [-0.3, -0.25) is 0 Å². The van der Waals surface area contributed by atoms with Crippen molar-refractivity contribution < 1.29 is 38.9 Å². The molecule has 0 heterocycles. The quantitative estimate of drug-likeness (QED) is 0.474. The number of carbonyl (C=O) groups is 4. The molecule has 0 aliphatic carbocycles. The van der Waals surface area contributed by atoms with Crippen LogP contribution in [0.25, 0.3) is 0 Å². The minimum atomic E-state index is -2.21. The molecule has 33 heavy (non-hydrogen) atoms. The molecule has 0 bridgehead atoms. The third-order valence-electron chi connectivity index (χ3n) is 4.01. The van der Waals surface area contributed by atoms with E-state index in [-0.39, 0.29) is 17.2 Å². The van der Waals surface area contributed by atoms with Crippen molar-refractivity contribution in [2.45, 2.75) is 38.0 Å². The van der Waals surface area contributed by atoms with Crippen molar-refractivity contribution >= 4 is 23.9 Å². The summed E-state index contributed by atoms with van der Waals surface area (Å²) in [5, 5.41) is 26.6. The zero-order valence-corrected chi connectivity index (χ0v) is 17.8. The van der Waals surface area contributed by atoms with Gasteiger partial charge in [-0.15, -0.1) is 0 Å². The second-order valence-corrected chi connectivity index (χ2v) is 6.58. The lowest BCUT2D eigenvalue weighted by atomic mass is 10.1. The predicted molar refractivity (Wildman–Crippen MR) is 115 cm³/mol. The number of nitriles is 1. The standard InChI is InChI=1S/C18H14O8.C5H10N2/c19-15(20)13(25-17(23)11-7-3-1-4-8-11)14(16(21)22)26-18(24)12-9-5-2-6-10-12;1-2-3-5(7)4-6/h1-10,13-14H,(H,19,20)(H,21,22);5H,2-3,7H2,1H3/t13-,14-;5-/m11/s1. The molecule has 0 amide bonds. The number of hydrogen-bond acceptors (Lipinski definition) is 8. The summed E-state index contributed by atoms with van der Waals surface area (Å²) in [5.74, 6) is -5.63. The van der Waals surface area contributed by atoms with Gasteiger partial charge in [0.2, 0.25) is 12.2 Å². The molecule has 2 aromatic carbocycles. The van der Waals surface area contributed by atoms with Gasteiger partial charge in [0.1, 0.15) is 0 Å². The van der Waals surface area contributed by atoms with Gasteiger partial charge in [-0.05, 0) is 30.7 Å². The van der Waals surface area contributed by atoms with Crippen LogP contribution in [0.5, 0.6) is 0 Å². The molecule has 10 nitrogen and oxygen atoms in total. The number of ether oxygens (including phenoxy) is 2. The molecule has 0 saturated heterocycles. The highest BCUT2D eigenvalue weighted by Crippen LogP contribution is 2.13. The van der Waals surface area contributed by atoms with Crippen molar-refractivity contribution in [3.8, 4) is 6.07 Å². The molecular weight excluding hydrogens is 432 g/mol. The molecule has 0 spiro atoms. The Kier molecular flexibility index (Phi) is 11.3. The fourth-order valence-corrected chi connectivity index (χ4v) is 2.37. The largest absolute Gasteiger partial charge is 0.478 e. The molecule has 0 saturated carbocycles. The first-order valence-corrected chi connectivity index (χ1v) is 9.84. The summed E-state index contributed by atoms with van der Waals surface area (Å²) in [5.41, 5.74) is 5.27. The number of carboxylic acids is 2. The molecule has 0 radical (unpaired) electrons. The highest BCUT2D eigenvalue weighted by Gasteiger charge is 2.40. The van der Waals surface area contributed by atoms with E-state index < -0.39 is 36.1 Å². The van der Waals surface area contributed by atoms with Crippen LogP contribution in [0.4, 0.5) is 0 Å². The van der Waals surface area contributed by atoms with Crippen LogP contribution in [0.3, 0.4) is 0 Å². The van der Waals surface area contributed by atoms with E-state index in [1.807, 2.05) is 13.0 Å². The molecule has 10 heteroatoms. The Balaban J connectivity index is 0.000000675. The van der Waals surface area contributed by atoms with Gasteiger partial charge < -0.3 is 25.4 Å². The Hall–Kier alpha value is -4.23. The molecule has 3 atom stereocenters. The average molecular weight is 456 g/mol. The van der Waals surface area contributed by atoms with Gasteiger partial charge >= 0.3 is 23.9 Å². The van der Waals surface area contributed by atoms with Crippen LogP contribution < -0.4 is 5.73 Å². The third kappa shape index (κ3) is 9.20. The zero-order valence-electron chi connectivity index (χ0n) is 17.8. The smallest absolute Gasteiger partial charge is 0.349 e. The van der Waals surface area contributed by atoms with E-state index >= 15 is 0 Å². The van der Waals surface area contributed by atoms with Crippen LogP contribution >= 0.6 is 0 Å². The summed E-state index contributed by atoms with van der Waals surface area (Å²) in [4.78, 5) is 46.8. The van der Waals surface area contributed by atoms with E-state index in [0.717, 1.165) is 12.8 Å². The minimum Gasteiger partial charge on any atom is -0.478 e. The lowest BCUT2D eigenvalue weighted by molar-refractivity contribution is -0.166. The fraction of sp³-hybridized carbons (Fsp3) is 0.261. The number of rotatable bonds is 9. The van der Waals surface area contributed by atoms with Crippen LogP contribution in [0.15, 0.2) is 60.7 Å². The Labute approximate surface area is 190 Å². The van der Waals surface area contributed by atoms with E-state index in [2.05, 4.69) is 0 Å². The number of hydrogen-bond donors (Lipinski definition) is 3. The third-order valence-corrected chi connectivity index (χ3v) is 4.01. The summed E-state index contributed by atoms with van der Waals surface area (Å²) < 4.78 is 9.52. The summed E-state index contributed by atoms with van der Waals surface area (Å²) in [7, 11) is 0. The first kappa shape index (κ1) is 26.8. The number of carbonyl (C=O) groups excluding carboxylic acids is 2. The van der Waals surface area contributed by atoms with Gasteiger partial charge in [-0.25, -0.2) is 19.2 Å². The second-order valence-electron chi connectivity index (χ2n) is 6.58. The van der Waals surface area contributed by atoms with Crippen molar-refractivity contribution in [2.75, 3.05) is 0 Å². The van der Waals surface area contributed by atoms with E-state index in [9.17, 15) is 29.4 Å². The van der Waals surface area contributed by atoms with Gasteiger partial charge in [-0.2, -0.15) is 5.26 Å². The number of benzene rings is 2. The van der Waals surface area contributed by atoms with E-state index in [4.69, 9.17) is 20.5 Å². The molecule has 2 aromatic rings. The van der Waals surface area contributed by atoms with Crippen molar-refractivity contribution in [3.63, 3.8) is 0 Å². The highest BCUT2D eigenvalue weighted by atomic mass is 16.6. The maximum absolute atomic E-state index is 12.0. The Bertz CT molecular complexity index is 903. The molecule has 0 aromatic heterocycles. The lowest BCUT2D eigenvalue weighted by Gasteiger charge is -2.21. The van der Waals surface area contributed by atoms with Crippen LogP contribution in [-0.2, 0) is 19.1 Å². The van der Waals surface area contributed by atoms with E-state index in [1.54, 1.807) is 12.1 Å². The fourth-order valence-electron chi connectivity index (χ4n) is 2.37. The second kappa shape index (κ2) is 14.0. The summed E-state index contributed by atoms with van der Waals surface area (Å²) in [6, 6.07) is 16.5. The summed E-state index contributed by atoms with van der Waals surface area (Å²) in [6.07, 6.45) is -2.62. The normalized spacial score (nSPS) is 12.5. The van der Waals surface area contributed by atoms with E-state index in [0.29, 0.717) is 0 Å². The summed E-state index contributed by atoms with van der Waals surface area (Å²) in [6.45, 7) is 2.01. The lowest BCUT2D eigenvalue weighted by Crippen LogP contribution is -2.45. The number of aliphatic carboxylic acids is 2. The van der Waals surface area contributed by atoms with E-state index in [1.165, 1.54) is 48.5 Å². The molecule has 2 rings (SSSR count). The van der Waals surface area contributed by atoms with Gasteiger partial charge in [0.25, 0.3) is 0 Å². The first-order valence-electron chi connectivity index (χ1n) is 9.84. The van der Waals surface area contributed by atoms with Gasteiger partial charge in [0.05, 0.1) is 23.2 Å². The van der Waals surface area contributed by atoms with Gasteiger partial charge in [-0.1, -0.05) is 49.7 Å². The first-order chi connectivity index (χ1) is 15.7. The van der Waals surface area contributed by atoms with Crippen molar-refractivity contribution in [3.05, 3.63) is 71.8 Å². The SMILES string of the molecule is CCC[C@@H](N)C#N.O=C(O[C@@H](C(=O)O)[C@@H](OC(=O)c1ccccc1)C(=O)O)c1ccccc1. The Morgan fingerprint density at radius 1 is 0.848 bits per heavy atom. The van der Waals surface area contributed by atoms with Crippen LogP contribution in [0.1, 0.15) is 40.5 Å². The zero-order chi connectivity index (χ0) is 24.8. The number of esters is 2. The molecule has 0 aliphatic heterocycles. The average Bonchev–Trinajstić information content (AvgIpc) is 2.82. The molecule has 174 valence electrons. The topological polar surface area (TPSA) is 177 Å². The molecular formula is C23H24N2O8. The van der Waals surface area contributed by atoms with Crippen molar-refractivity contribution in [1.82, 2.24) is 0 Å². The van der Waals surface area contributed by atoms with Gasteiger partial charge in [0, 0.05) is 0 Å². The molecule has 0 aliphatic rings. The Morgan fingerprint density at radius 2 is 1.21 bits per heavy atom. The molecule has 0 unspecified atom stereocenters. The van der Waals surface area contributed by atoms with Crippen molar-refractivity contribution in [1.29, 1.82) is 5.26 Å². The predicted octanol–water partition coefficient (Wildman–Crippen LogP) is 2.24. The highest BCUT2D eigenvalue weighted by molar-refractivity contribution is 5.95. The molecule has 4 N–H and O–H groups in total. The van der Waals surface area contributed by atoms with Crippen LogP contribution in [0, 0.1) is 11.3 Å². The molecule has 0 fully saturated rings. The maximum Gasteiger partial charge on any atom is 0.349 e. The summed E-state index contributed by atoms with van der Waals surface area (Å²) >= 11 is 0. The van der Waals surface area contributed by atoms with Crippen LogP contribution in [-0.4, -0.2) is 52.3 Å². The minimum absolute atomic E-state index is 0.0253. The number of nitrogens with zero attached hydrogens (tertiary/aromatic N) is 1. The van der Waals surface area contributed by atoms with Crippen molar-refractivity contribution in [2.24, 2.45) is 5.73 Å². The van der Waals surface area contributed by atoms with Gasteiger partial charge in [0.15, 0.2) is 0 Å². The maximum atomic E-state index is 12.0. The monoisotopic (exact) mass is 456 g/mol. The number of carboxylic acid groups (broad SMARTS) is 2. The van der Waals surface area contributed by atoms with Crippen LogP contribution in [0.2, 0.25) is 0 Å².